The number of rotatable bonds is 5. The average molecular weight is 368 g/mol. The molecule has 1 saturated heterocycles. The van der Waals surface area contributed by atoms with Gasteiger partial charge in [0.15, 0.2) is 0 Å². The SMILES string of the molecule is CN1CCN(CC(F)(F)C(F)(F)C(F)(F)C(F)(F)C(F)(F)F)C1. The van der Waals surface area contributed by atoms with Gasteiger partial charge in [0.1, 0.15) is 0 Å². The molecule has 0 aromatic rings. The van der Waals surface area contributed by atoms with Crippen molar-refractivity contribution in [3.63, 3.8) is 0 Å². The lowest BCUT2D eigenvalue weighted by Crippen LogP contribution is -2.68. The molecule has 13 heteroatoms. The predicted octanol–water partition coefficient (Wildman–Crippen LogP) is 3.29. The van der Waals surface area contributed by atoms with E-state index >= 15 is 0 Å². The molecule has 138 valence electrons. The molecule has 0 aromatic carbocycles. The van der Waals surface area contributed by atoms with Gasteiger partial charge in [0.05, 0.1) is 13.2 Å². The molecule has 1 aliphatic heterocycles. The number of alkyl halides is 11. The Balaban J connectivity index is 3.11. The Morgan fingerprint density at radius 2 is 1.17 bits per heavy atom. The van der Waals surface area contributed by atoms with Gasteiger partial charge in [-0.05, 0) is 7.05 Å². The number of hydrogen-bond acceptors (Lipinski definition) is 2. The lowest BCUT2D eigenvalue weighted by Gasteiger charge is -2.38. The van der Waals surface area contributed by atoms with Gasteiger partial charge in [-0.1, -0.05) is 0 Å². The smallest absolute Gasteiger partial charge is 0.292 e. The van der Waals surface area contributed by atoms with E-state index in [9.17, 15) is 48.3 Å². The van der Waals surface area contributed by atoms with Crippen LogP contribution in [0.15, 0.2) is 0 Å². The molecule has 0 atom stereocenters. The van der Waals surface area contributed by atoms with Crippen molar-refractivity contribution in [1.29, 1.82) is 0 Å². The standard InChI is InChI=1S/C10H11F11N2/c1-22-2-3-23(5-22)4-6(11,12)7(13,14)8(15,16)9(17,18)10(19,20)21/h2-5H2,1H3. The van der Waals surface area contributed by atoms with Crippen molar-refractivity contribution in [3.05, 3.63) is 0 Å². The Morgan fingerprint density at radius 3 is 1.52 bits per heavy atom. The molecular formula is C10H11F11N2. The fraction of sp³-hybridized carbons (Fsp3) is 1.00. The molecule has 0 saturated carbocycles. The summed E-state index contributed by atoms with van der Waals surface area (Å²) in [5.74, 6) is -27.4. The lowest BCUT2D eigenvalue weighted by atomic mass is 9.98. The number of hydrogen-bond donors (Lipinski definition) is 0. The normalized spacial score (nSPS) is 20.3. The van der Waals surface area contributed by atoms with Gasteiger partial charge in [-0.15, -0.1) is 0 Å². The molecule has 1 fully saturated rings. The van der Waals surface area contributed by atoms with Crippen LogP contribution in [-0.2, 0) is 0 Å². The Kier molecular flexibility index (Phi) is 4.92. The molecular weight excluding hydrogens is 357 g/mol. The van der Waals surface area contributed by atoms with Crippen LogP contribution < -0.4 is 0 Å². The summed E-state index contributed by atoms with van der Waals surface area (Å²) in [6.07, 6.45) is -7.12. The second kappa shape index (κ2) is 5.60. The highest BCUT2D eigenvalue weighted by Gasteiger charge is 2.87. The van der Waals surface area contributed by atoms with Crippen LogP contribution >= 0.6 is 0 Å². The minimum atomic E-state index is -7.33. The molecule has 1 heterocycles. The first-order valence-corrected chi connectivity index (χ1v) is 5.96. The van der Waals surface area contributed by atoms with Gasteiger partial charge >= 0.3 is 29.9 Å². The van der Waals surface area contributed by atoms with E-state index in [1.165, 1.54) is 11.9 Å². The summed E-state index contributed by atoms with van der Waals surface area (Å²) in [7, 11) is 1.38. The average Bonchev–Trinajstić information content (AvgIpc) is 2.71. The highest BCUT2D eigenvalue weighted by Crippen LogP contribution is 2.57. The summed E-state index contributed by atoms with van der Waals surface area (Å²) < 4.78 is 140. The van der Waals surface area contributed by atoms with Crippen LogP contribution in [0.25, 0.3) is 0 Å². The molecule has 1 aliphatic rings. The topological polar surface area (TPSA) is 6.48 Å². The van der Waals surface area contributed by atoms with E-state index in [2.05, 4.69) is 0 Å². The van der Waals surface area contributed by atoms with Gasteiger partial charge in [0.2, 0.25) is 0 Å². The van der Waals surface area contributed by atoms with Crippen molar-refractivity contribution in [2.45, 2.75) is 29.9 Å². The largest absolute Gasteiger partial charge is 0.460 e. The fourth-order valence-corrected chi connectivity index (χ4v) is 1.91. The summed E-state index contributed by atoms with van der Waals surface area (Å²) >= 11 is 0. The van der Waals surface area contributed by atoms with Crippen LogP contribution in [0.4, 0.5) is 48.3 Å². The first-order chi connectivity index (χ1) is 9.97. The third-order valence-electron chi connectivity index (χ3n) is 3.27. The fourth-order valence-electron chi connectivity index (χ4n) is 1.91. The third kappa shape index (κ3) is 3.21. The Bertz CT molecular complexity index is 431. The number of halogens is 11. The Morgan fingerprint density at radius 1 is 0.696 bits per heavy atom. The van der Waals surface area contributed by atoms with E-state index in [1.807, 2.05) is 0 Å². The molecule has 0 aromatic heterocycles. The summed E-state index contributed by atoms with van der Waals surface area (Å²) in [4.78, 5) is 1.87. The molecule has 23 heavy (non-hydrogen) atoms. The molecule has 0 unspecified atom stereocenters. The lowest BCUT2D eigenvalue weighted by molar-refractivity contribution is -0.422. The van der Waals surface area contributed by atoms with E-state index in [4.69, 9.17) is 0 Å². The molecule has 0 bridgehead atoms. The highest BCUT2D eigenvalue weighted by molar-refractivity contribution is 5.07. The third-order valence-corrected chi connectivity index (χ3v) is 3.27. The maximum absolute atomic E-state index is 13.4. The van der Waals surface area contributed by atoms with E-state index in [-0.39, 0.29) is 19.8 Å². The molecule has 0 amide bonds. The van der Waals surface area contributed by atoms with Crippen molar-refractivity contribution in [2.75, 3.05) is 33.4 Å². The van der Waals surface area contributed by atoms with Crippen LogP contribution in [0.5, 0.6) is 0 Å². The zero-order valence-corrected chi connectivity index (χ0v) is 11.4. The first kappa shape index (κ1) is 20.2. The molecule has 0 aliphatic carbocycles. The summed E-state index contributed by atoms with van der Waals surface area (Å²) in [5.41, 5.74) is 0. The Labute approximate surface area is 122 Å². The van der Waals surface area contributed by atoms with E-state index < -0.39 is 36.4 Å². The maximum Gasteiger partial charge on any atom is 0.460 e. The predicted molar refractivity (Wildman–Crippen MR) is 54.9 cm³/mol. The summed E-state index contributed by atoms with van der Waals surface area (Å²) in [6.45, 7) is -2.60. The quantitative estimate of drug-likeness (QED) is 0.688. The van der Waals surface area contributed by atoms with Gasteiger partial charge in [0, 0.05) is 13.1 Å². The van der Waals surface area contributed by atoms with Gasteiger partial charge in [-0.25, -0.2) is 0 Å². The van der Waals surface area contributed by atoms with E-state index in [0.29, 0.717) is 4.90 Å². The van der Waals surface area contributed by atoms with Crippen LogP contribution in [0.3, 0.4) is 0 Å². The number of nitrogens with zero attached hydrogens (tertiary/aromatic N) is 2. The van der Waals surface area contributed by atoms with E-state index in [0.717, 1.165) is 0 Å². The van der Waals surface area contributed by atoms with Crippen LogP contribution in [0.1, 0.15) is 0 Å². The van der Waals surface area contributed by atoms with Crippen molar-refractivity contribution in [1.82, 2.24) is 9.80 Å². The zero-order chi connectivity index (χ0) is 18.5. The van der Waals surface area contributed by atoms with Crippen LogP contribution in [0.2, 0.25) is 0 Å². The van der Waals surface area contributed by atoms with Crippen LogP contribution in [0, 0.1) is 0 Å². The van der Waals surface area contributed by atoms with Gasteiger partial charge in [0.25, 0.3) is 0 Å². The second-order valence-corrected chi connectivity index (χ2v) is 5.20. The molecule has 0 N–H and O–H groups in total. The monoisotopic (exact) mass is 368 g/mol. The second-order valence-electron chi connectivity index (χ2n) is 5.20. The van der Waals surface area contributed by atoms with Crippen molar-refractivity contribution in [3.8, 4) is 0 Å². The molecule has 2 nitrogen and oxygen atoms in total. The minimum absolute atomic E-state index is 0.108. The summed E-state index contributed by atoms with van der Waals surface area (Å²) in [6, 6.07) is 0. The minimum Gasteiger partial charge on any atom is -0.292 e. The highest BCUT2D eigenvalue weighted by atomic mass is 19.4. The van der Waals surface area contributed by atoms with Crippen molar-refractivity contribution in [2.24, 2.45) is 0 Å². The van der Waals surface area contributed by atoms with Crippen molar-refractivity contribution >= 4 is 0 Å². The van der Waals surface area contributed by atoms with Crippen molar-refractivity contribution < 1.29 is 48.3 Å². The van der Waals surface area contributed by atoms with Gasteiger partial charge in [-0.2, -0.15) is 48.3 Å². The summed E-state index contributed by atoms with van der Waals surface area (Å²) in [5, 5.41) is 0. The van der Waals surface area contributed by atoms with Gasteiger partial charge < -0.3 is 0 Å². The maximum atomic E-state index is 13.4. The molecule has 0 spiro atoms. The molecule has 1 rings (SSSR count). The first-order valence-electron chi connectivity index (χ1n) is 5.96. The molecule has 0 radical (unpaired) electrons. The number of likely N-dealkylation sites (N-methyl/N-ethyl adjacent to an activating group) is 1. The van der Waals surface area contributed by atoms with Gasteiger partial charge in [-0.3, -0.25) is 9.80 Å². The van der Waals surface area contributed by atoms with Crippen LogP contribution in [-0.4, -0.2) is 73.0 Å². The Hall–Kier alpha value is -0.850. The van der Waals surface area contributed by atoms with E-state index in [1.54, 1.807) is 0 Å². The zero-order valence-electron chi connectivity index (χ0n) is 11.4.